The Labute approximate surface area is 93.2 Å². The molecule has 3 nitrogen and oxygen atoms in total. The van der Waals surface area contributed by atoms with Gasteiger partial charge in [-0.2, -0.15) is 13.2 Å². The number of hydrogen-bond acceptors (Lipinski definition) is 2. The first-order valence-electron chi connectivity index (χ1n) is 5.13. The van der Waals surface area contributed by atoms with Gasteiger partial charge in [0, 0.05) is 12.1 Å². The highest BCUT2D eigenvalue weighted by molar-refractivity contribution is 5.67. The van der Waals surface area contributed by atoms with Crippen LogP contribution in [0.2, 0.25) is 0 Å². The molecule has 0 rings (SSSR count). The van der Waals surface area contributed by atoms with E-state index in [-0.39, 0.29) is 12.1 Å². The van der Waals surface area contributed by atoms with Crippen LogP contribution in [0.1, 0.15) is 34.1 Å². The number of carboxylic acids is 1. The number of hydrogen-bond donors (Lipinski definition) is 1. The van der Waals surface area contributed by atoms with Gasteiger partial charge in [0.1, 0.15) is 6.04 Å². The summed E-state index contributed by atoms with van der Waals surface area (Å²) >= 11 is 0. The van der Waals surface area contributed by atoms with E-state index in [4.69, 9.17) is 5.11 Å². The van der Waals surface area contributed by atoms with Crippen LogP contribution in [0.3, 0.4) is 0 Å². The van der Waals surface area contributed by atoms with E-state index in [9.17, 15) is 18.0 Å². The van der Waals surface area contributed by atoms with E-state index in [1.54, 1.807) is 27.7 Å². The van der Waals surface area contributed by atoms with Crippen LogP contribution in [0.25, 0.3) is 0 Å². The van der Waals surface area contributed by atoms with Crippen LogP contribution in [0.15, 0.2) is 0 Å². The molecule has 0 spiro atoms. The zero-order valence-corrected chi connectivity index (χ0v) is 9.88. The van der Waals surface area contributed by atoms with Gasteiger partial charge in [0.25, 0.3) is 0 Å². The van der Waals surface area contributed by atoms with E-state index in [0.29, 0.717) is 0 Å². The molecule has 0 bridgehead atoms. The number of carbonyl (C=O) groups is 1. The molecular weight excluding hydrogens is 223 g/mol. The van der Waals surface area contributed by atoms with Crippen LogP contribution in [0, 0.1) is 0 Å². The van der Waals surface area contributed by atoms with Crippen molar-refractivity contribution in [3.63, 3.8) is 0 Å². The summed E-state index contributed by atoms with van der Waals surface area (Å²) in [6.45, 7) is 6.50. The normalized spacial score (nSPS) is 14.9. The molecule has 0 saturated heterocycles. The largest absolute Gasteiger partial charge is 0.481 e. The van der Waals surface area contributed by atoms with Crippen LogP contribution in [0.4, 0.5) is 13.2 Å². The van der Waals surface area contributed by atoms with E-state index in [2.05, 4.69) is 0 Å². The summed E-state index contributed by atoms with van der Waals surface area (Å²) in [5.74, 6) is -1.44. The fourth-order valence-corrected chi connectivity index (χ4v) is 1.87. The molecule has 0 aliphatic carbocycles. The van der Waals surface area contributed by atoms with Crippen LogP contribution >= 0.6 is 0 Å². The topological polar surface area (TPSA) is 40.5 Å². The lowest BCUT2D eigenvalue weighted by Gasteiger charge is -2.38. The van der Waals surface area contributed by atoms with E-state index >= 15 is 0 Å². The molecule has 0 heterocycles. The Hall–Kier alpha value is -0.780. The van der Waals surface area contributed by atoms with Gasteiger partial charge in [-0.15, -0.1) is 0 Å². The van der Waals surface area contributed by atoms with E-state index in [1.165, 1.54) is 4.90 Å². The highest BCUT2D eigenvalue weighted by Gasteiger charge is 2.46. The van der Waals surface area contributed by atoms with Crippen LogP contribution in [-0.2, 0) is 4.79 Å². The highest BCUT2D eigenvalue weighted by atomic mass is 19.4. The van der Waals surface area contributed by atoms with Crippen LogP contribution < -0.4 is 0 Å². The first-order chi connectivity index (χ1) is 7.07. The average Bonchev–Trinajstić information content (AvgIpc) is 1.98. The van der Waals surface area contributed by atoms with Gasteiger partial charge in [0.2, 0.25) is 0 Å². The summed E-state index contributed by atoms with van der Waals surface area (Å²) in [4.78, 5) is 11.7. The van der Waals surface area contributed by atoms with Gasteiger partial charge >= 0.3 is 12.1 Å². The molecule has 0 radical (unpaired) electrons. The smallest absolute Gasteiger partial charge is 0.404 e. The minimum atomic E-state index is -4.52. The molecule has 0 aliphatic heterocycles. The highest BCUT2D eigenvalue weighted by Crippen LogP contribution is 2.30. The van der Waals surface area contributed by atoms with Gasteiger partial charge in [-0.05, 0) is 27.7 Å². The predicted octanol–water partition coefficient (Wildman–Crippen LogP) is 2.51. The molecule has 0 aromatic rings. The summed E-state index contributed by atoms with van der Waals surface area (Å²) in [6.07, 6.45) is -5.44. The molecule has 6 heteroatoms. The summed E-state index contributed by atoms with van der Waals surface area (Å²) in [7, 11) is 0. The maximum Gasteiger partial charge on any atom is 0.404 e. The zero-order valence-electron chi connectivity index (χ0n) is 9.88. The molecule has 0 aliphatic rings. The Morgan fingerprint density at radius 1 is 1.19 bits per heavy atom. The zero-order chi connectivity index (χ0) is 13.1. The molecule has 0 saturated carbocycles. The van der Waals surface area contributed by atoms with Crippen molar-refractivity contribution in [3.8, 4) is 0 Å². The molecule has 0 fully saturated rings. The van der Waals surface area contributed by atoms with Crippen molar-refractivity contribution in [1.29, 1.82) is 0 Å². The number of alkyl halides is 3. The Bertz CT molecular complexity index is 231. The molecule has 1 unspecified atom stereocenters. The lowest BCUT2D eigenvalue weighted by atomic mass is 10.1. The quantitative estimate of drug-likeness (QED) is 0.804. The van der Waals surface area contributed by atoms with Crippen LogP contribution in [0.5, 0.6) is 0 Å². The number of carboxylic acid groups (broad SMARTS) is 1. The van der Waals surface area contributed by atoms with Crippen molar-refractivity contribution < 1.29 is 23.1 Å². The number of rotatable bonds is 5. The fourth-order valence-electron chi connectivity index (χ4n) is 1.87. The van der Waals surface area contributed by atoms with Crippen molar-refractivity contribution >= 4 is 5.97 Å². The Balaban J connectivity index is 5.05. The van der Waals surface area contributed by atoms with E-state index < -0.39 is 24.6 Å². The van der Waals surface area contributed by atoms with Crippen molar-refractivity contribution in [2.75, 3.05) is 0 Å². The van der Waals surface area contributed by atoms with Crippen molar-refractivity contribution in [2.45, 2.75) is 58.4 Å². The third kappa shape index (κ3) is 4.38. The molecule has 1 atom stereocenters. The van der Waals surface area contributed by atoms with Gasteiger partial charge in [-0.25, -0.2) is 0 Å². The van der Waals surface area contributed by atoms with Crippen molar-refractivity contribution in [1.82, 2.24) is 4.90 Å². The number of aliphatic carboxylic acids is 1. The molecule has 0 aromatic heterocycles. The van der Waals surface area contributed by atoms with Gasteiger partial charge in [0.15, 0.2) is 0 Å². The molecule has 0 amide bonds. The Kier molecular flexibility index (Phi) is 5.25. The average molecular weight is 241 g/mol. The predicted molar refractivity (Wildman–Crippen MR) is 54.2 cm³/mol. The van der Waals surface area contributed by atoms with E-state index in [0.717, 1.165) is 0 Å². The maximum atomic E-state index is 12.7. The standard InChI is InChI=1S/C10H18F3NO2/c1-6(2)14(7(3)4)8(5-9(15)16)10(11,12)13/h6-8H,5H2,1-4H3,(H,15,16). The Morgan fingerprint density at radius 3 is 1.75 bits per heavy atom. The molecule has 0 aromatic carbocycles. The minimum Gasteiger partial charge on any atom is -0.481 e. The maximum absolute atomic E-state index is 12.7. The van der Waals surface area contributed by atoms with Crippen molar-refractivity contribution in [3.05, 3.63) is 0 Å². The monoisotopic (exact) mass is 241 g/mol. The summed E-state index contributed by atoms with van der Waals surface area (Å²) < 4.78 is 38.2. The number of nitrogens with zero attached hydrogens (tertiary/aromatic N) is 1. The second-order valence-corrected chi connectivity index (χ2v) is 4.29. The SMILES string of the molecule is CC(C)N(C(C)C)C(CC(=O)O)C(F)(F)F. The first-order valence-corrected chi connectivity index (χ1v) is 5.13. The Morgan fingerprint density at radius 2 is 1.56 bits per heavy atom. The number of halogens is 3. The minimum absolute atomic E-state index is 0.356. The van der Waals surface area contributed by atoms with Gasteiger partial charge in [-0.3, -0.25) is 9.69 Å². The van der Waals surface area contributed by atoms with E-state index in [1.807, 2.05) is 0 Å². The van der Waals surface area contributed by atoms with Gasteiger partial charge in [-0.1, -0.05) is 0 Å². The summed E-state index contributed by atoms with van der Waals surface area (Å²) in [5, 5.41) is 8.53. The van der Waals surface area contributed by atoms with Crippen molar-refractivity contribution in [2.24, 2.45) is 0 Å². The van der Waals surface area contributed by atoms with Gasteiger partial charge in [0.05, 0.1) is 6.42 Å². The second-order valence-electron chi connectivity index (χ2n) is 4.29. The summed E-state index contributed by atoms with van der Waals surface area (Å²) in [5.41, 5.74) is 0. The first kappa shape index (κ1) is 15.2. The molecule has 16 heavy (non-hydrogen) atoms. The third-order valence-electron chi connectivity index (χ3n) is 2.30. The lowest BCUT2D eigenvalue weighted by molar-refractivity contribution is -0.199. The molecule has 96 valence electrons. The molecule has 1 N–H and O–H groups in total. The fraction of sp³-hybridized carbons (Fsp3) is 0.900. The van der Waals surface area contributed by atoms with Gasteiger partial charge < -0.3 is 5.11 Å². The third-order valence-corrected chi connectivity index (χ3v) is 2.30. The van der Waals surface area contributed by atoms with Crippen LogP contribution in [-0.4, -0.2) is 40.3 Å². The molecular formula is C10H18F3NO2. The second kappa shape index (κ2) is 5.52. The summed E-state index contributed by atoms with van der Waals surface area (Å²) in [6, 6.07) is -2.64. The lowest BCUT2D eigenvalue weighted by Crippen LogP contribution is -2.53.